The third-order valence-corrected chi connectivity index (χ3v) is 3.39. The third kappa shape index (κ3) is 2.39. The number of aromatic nitrogens is 4. The lowest BCUT2D eigenvalue weighted by molar-refractivity contribution is 0.102. The van der Waals surface area contributed by atoms with Crippen LogP contribution in [0.15, 0.2) is 5.38 Å². The molecule has 0 aliphatic rings. The standard InChI is InChI=1S/C8H9N5OS2/c1-4(2)7-11-12-8(16-7)9-6(14)5-3-15-13-10-5/h3-4H,1-2H3,(H,9,12,14). The van der Waals surface area contributed by atoms with Gasteiger partial charge in [-0.15, -0.1) is 15.3 Å². The summed E-state index contributed by atoms with van der Waals surface area (Å²) in [6, 6.07) is 0. The Kier molecular flexibility index (Phi) is 3.20. The second kappa shape index (κ2) is 4.62. The summed E-state index contributed by atoms with van der Waals surface area (Å²) in [7, 11) is 0. The molecule has 0 unspecified atom stereocenters. The molecule has 0 spiro atoms. The molecule has 2 aromatic rings. The van der Waals surface area contributed by atoms with Gasteiger partial charge >= 0.3 is 0 Å². The van der Waals surface area contributed by atoms with Crippen LogP contribution in [0.4, 0.5) is 5.13 Å². The number of amides is 1. The van der Waals surface area contributed by atoms with Gasteiger partial charge in [0.1, 0.15) is 5.01 Å². The van der Waals surface area contributed by atoms with Gasteiger partial charge in [0.15, 0.2) is 5.69 Å². The van der Waals surface area contributed by atoms with Crippen LogP contribution in [0.1, 0.15) is 35.3 Å². The first-order valence-corrected chi connectivity index (χ1v) is 6.24. The highest BCUT2D eigenvalue weighted by atomic mass is 32.1. The van der Waals surface area contributed by atoms with Crippen molar-refractivity contribution < 1.29 is 4.79 Å². The Morgan fingerprint density at radius 3 is 2.75 bits per heavy atom. The Labute approximate surface area is 99.9 Å². The summed E-state index contributed by atoms with van der Waals surface area (Å²) in [6.07, 6.45) is 0. The zero-order chi connectivity index (χ0) is 11.5. The van der Waals surface area contributed by atoms with Gasteiger partial charge in [-0.2, -0.15) is 0 Å². The van der Waals surface area contributed by atoms with Crippen LogP contribution in [-0.4, -0.2) is 25.7 Å². The number of carbonyl (C=O) groups is 1. The molecule has 84 valence electrons. The molecule has 0 bridgehead atoms. The van der Waals surface area contributed by atoms with Crippen molar-refractivity contribution in [2.45, 2.75) is 19.8 Å². The van der Waals surface area contributed by atoms with Gasteiger partial charge in [-0.25, -0.2) is 0 Å². The number of anilines is 1. The maximum Gasteiger partial charge on any atom is 0.278 e. The molecule has 2 rings (SSSR count). The van der Waals surface area contributed by atoms with E-state index in [-0.39, 0.29) is 5.91 Å². The van der Waals surface area contributed by atoms with Gasteiger partial charge in [0.2, 0.25) is 5.13 Å². The van der Waals surface area contributed by atoms with E-state index >= 15 is 0 Å². The average Bonchev–Trinajstić information content (AvgIpc) is 2.87. The summed E-state index contributed by atoms with van der Waals surface area (Å²) in [5.74, 6) is 0.00398. The maximum absolute atomic E-state index is 11.6. The number of nitrogens with zero attached hydrogens (tertiary/aromatic N) is 4. The number of hydrogen-bond donors (Lipinski definition) is 1. The van der Waals surface area contributed by atoms with Gasteiger partial charge in [0.05, 0.1) is 0 Å². The van der Waals surface area contributed by atoms with E-state index < -0.39 is 0 Å². The highest BCUT2D eigenvalue weighted by molar-refractivity contribution is 7.15. The average molecular weight is 255 g/mol. The molecule has 1 N–H and O–H groups in total. The van der Waals surface area contributed by atoms with Crippen LogP contribution < -0.4 is 5.32 Å². The molecule has 0 aliphatic heterocycles. The topological polar surface area (TPSA) is 80.7 Å². The van der Waals surface area contributed by atoms with Gasteiger partial charge in [-0.3, -0.25) is 10.1 Å². The molecule has 1 amide bonds. The lowest BCUT2D eigenvalue weighted by atomic mass is 10.2. The zero-order valence-corrected chi connectivity index (χ0v) is 10.3. The molecular weight excluding hydrogens is 246 g/mol. The number of nitrogens with one attached hydrogen (secondary N) is 1. The summed E-state index contributed by atoms with van der Waals surface area (Å²) in [6.45, 7) is 4.05. The fraction of sp³-hybridized carbons (Fsp3) is 0.375. The smallest absolute Gasteiger partial charge is 0.278 e. The van der Waals surface area contributed by atoms with E-state index in [9.17, 15) is 4.79 Å². The normalized spacial score (nSPS) is 10.7. The van der Waals surface area contributed by atoms with Crippen molar-refractivity contribution in [3.63, 3.8) is 0 Å². The summed E-state index contributed by atoms with van der Waals surface area (Å²) < 4.78 is 3.62. The second-order valence-electron chi connectivity index (χ2n) is 3.34. The lowest BCUT2D eigenvalue weighted by Gasteiger charge is -1.96. The van der Waals surface area contributed by atoms with Crippen molar-refractivity contribution in [3.8, 4) is 0 Å². The van der Waals surface area contributed by atoms with Crippen LogP contribution in [0.2, 0.25) is 0 Å². The molecule has 0 fully saturated rings. The Bertz CT molecular complexity index is 478. The predicted octanol–water partition coefficient (Wildman–Crippen LogP) is 1.77. The largest absolute Gasteiger partial charge is 0.295 e. The van der Waals surface area contributed by atoms with Crippen molar-refractivity contribution >= 4 is 33.9 Å². The molecule has 16 heavy (non-hydrogen) atoms. The maximum atomic E-state index is 11.6. The quantitative estimate of drug-likeness (QED) is 0.904. The van der Waals surface area contributed by atoms with Crippen molar-refractivity contribution in [2.24, 2.45) is 0 Å². The zero-order valence-electron chi connectivity index (χ0n) is 8.67. The molecule has 8 heteroatoms. The summed E-state index contributed by atoms with van der Waals surface area (Å²) in [5, 5.41) is 17.1. The minimum atomic E-state index is -0.305. The molecule has 2 heterocycles. The first-order chi connectivity index (χ1) is 7.66. The SMILES string of the molecule is CC(C)c1nnc(NC(=O)c2csnn2)s1. The molecule has 2 aromatic heterocycles. The predicted molar refractivity (Wildman–Crippen MR) is 61.9 cm³/mol. The van der Waals surface area contributed by atoms with Crippen molar-refractivity contribution in [1.82, 2.24) is 19.8 Å². The molecule has 0 radical (unpaired) electrons. The van der Waals surface area contributed by atoms with Gasteiger partial charge in [0, 0.05) is 11.3 Å². The number of rotatable bonds is 3. The number of carbonyl (C=O) groups excluding carboxylic acids is 1. The fourth-order valence-corrected chi connectivity index (χ4v) is 2.12. The van der Waals surface area contributed by atoms with Gasteiger partial charge in [-0.05, 0) is 11.5 Å². The van der Waals surface area contributed by atoms with Crippen LogP contribution in [-0.2, 0) is 0 Å². The van der Waals surface area contributed by atoms with Crippen LogP contribution in [0, 0.1) is 0 Å². The molecule has 0 aromatic carbocycles. The second-order valence-corrected chi connectivity index (χ2v) is 4.96. The molecular formula is C8H9N5OS2. The monoisotopic (exact) mass is 255 g/mol. The lowest BCUT2D eigenvalue weighted by Crippen LogP contribution is -2.12. The Morgan fingerprint density at radius 2 is 2.19 bits per heavy atom. The summed E-state index contributed by atoms with van der Waals surface area (Å²) in [4.78, 5) is 11.6. The first-order valence-electron chi connectivity index (χ1n) is 4.58. The minimum Gasteiger partial charge on any atom is -0.295 e. The van der Waals surface area contributed by atoms with Crippen molar-refractivity contribution in [2.75, 3.05) is 5.32 Å². The van der Waals surface area contributed by atoms with E-state index in [1.165, 1.54) is 11.3 Å². The van der Waals surface area contributed by atoms with Gasteiger partial charge in [-0.1, -0.05) is 29.7 Å². The Hall–Kier alpha value is -1.41. The first kappa shape index (κ1) is 11.1. The van der Waals surface area contributed by atoms with E-state index in [4.69, 9.17) is 0 Å². The van der Waals surface area contributed by atoms with E-state index in [0.717, 1.165) is 16.5 Å². The Morgan fingerprint density at radius 1 is 1.38 bits per heavy atom. The summed E-state index contributed by atoms with van der Waals surface area (Å²) >= 11 is 2.50. The minimum absolute atomic E-state index is 0.297. The molecule has 0 aliphatic carbocycles. The molecule has 0 atom stereocenters. The van der Waals surface area contributed by atoms with Gasteiger partial charge in [0.25, 0.3) is 5.91 Å². The highest BCUT2D eigenvalue weighted by Gasteiger charge is 2.13. The van der Waals surface area contributed by atoms with E-state index in [0.29, 0.717) is 16.7 Å². The van der Waals surface area contributed by atoms with E-state index in [1.54, 1.807) is 5.38 Å². The van der Waals surface area contributed by atoms with Crippen LogP contribution in [0.5, 0.6) is 0 Å². The van der Waals surface area contributed by atoms with Crippen LogP contribution in [0.3, 0.4) is 0 Å². The van der Waals surface area contributed by atoms with E-state index in [2.05, 4.69) is 25.1 Å². The Balaban J connectivity index is 2.07. The number of hydrogen-bond acceptors (Lipinski definition) is 7. The molecule has 0 saturated carbocycles. The van der Waals surface area contributed by atoms with Crippen LogP contribution in [0.25, 0.3) is 0 Å². The summed E-state index contributed by atoms with van der Waals surface area (Å²) in [5.41, 5.74) is 0.297. The third-order valence-electron chi connectivity index (χ3n) is 1.75. The van der Waals surface area contributed by atoms with Gasteiger partial charge < -0.3 is 0 Å². The van der Waals surface area contributed by atoms with Crippen molar-refractivity contribution in [3.05, 3.63) is 16.1 Å². The fourth-order valence-electron chi connectivity index (χ4n) is 0.943. The highest BCUT2D eigenvalue weighted by Crippen LogP contribution is 2.22. The molecule has 0 saturated heterocycles. The van der Waals surface area contributed by atoms with Crippen LogP contribution >= 0.6 is 22.9 Å². The van der Waals surface area contributed by atoms with E-state index in [1.807, 2.05) is 13.8 Å². The van der Waals surface area contributed by atoms with Crippen molar-refractivity contribution in [1.29, 1.82) is 0 Å². The molecule has 6 nitrogen and oxygen atoms in total.